The van der Waals surface area contributed by atoms with Crippen LogP contribution in [0.5, 0.6) is 11.5 Å². The summed E-state index contributed by atoms with van der Waals surface area (Å²) in [6, 6.07) is 12.2. The molecule has 36 heavy (non-hydrogen) atoms. The smallest absolute Gasteiger partial charge is 0.322 e. The number of hydrogen-bond donors (Lipinski definition) is 2. The Bertz CT molecular complexity index is 1290. The van der Waals surface area contributed by atoms with Crippen molar-refractivity contribution in [3.8, 4) is 11.5 Å². The van der Waals surface area contributed by atoms with E-state index in [2.05, 4.69) is 15.2 Å². The number of pyridine rings is 1. The van der Waals surface area contributed by atoms with E-state index in [1.165, 1.54) is 0 Å². The number of hydrogen-bond acceptors (Lipinski definition) is 6. The number of urea groups is 1. The average molecular weight is 513 g/mol. The largest absolute Gasteiger partial charge is 0.486 e. The highest BCUT2D eigenvalue weighted by molar-refractivity contribution is 6.33. The fraction of sp³-hybridized carbons (Fsp3) is 0.385. The van der Waals surface area contributed by atoms with Gasteiger partial charge in [0, 0.05) is 43.2 Å². The summed E-state index contributed by atoms with van der Waals surface area (Å²) in [6.07, 6.45) is 0.764. The van der Waals surface area contributed by atoms with Gasteiger partial charge in [-0.25, -0.2) is 4.79 Å². The van der Waals surface area contributed by atoms with Crippen molar-refractivity contribution in [3.63, 3.8) is 0 Å². The van der Waals surface area contributed by atoms with Crippen LogP contribution in [0.3, 0.4) is 0 Å². The molecule has 3 heterocycles. The van der Waals surface area contributed by atoms with Gasteiger partial charge >= 0.3 is 6.03 Å². The number of morpholine rings is 1. The Morgan fingerprint density at radius 3 is 2.58 bits per heavy atom. The zero-order chi connectivity index (χ0) is 24.9. The number of rotatable bonds is 7. The number of amides is 2. The first-order valence-electron chi connectivity index (χ1n) is 12.1. The maximum Gasteiger partial charge on any atom is 0.322 e. The van der Waals surface area contributed by atoms with Crippen LogP contribution in [0.25, 0.3) is 10.9 Å². The Hall–Kier alpha value is -3.27. The third kappa shape index (κ3) is 5.75. The monoisotopic (exact) mass is 512 g/mol. The van der Waals surface area contributed by atoms with Gasteiger partial charge in [0.1, 0.15) is 13.2 Å². The van der Waals surface area contributed by atoms with Gasteiger partial charge in [0.2, 0.25) is 0 Å². The van der Waals surface area contributed by atoms with Gasteiger partial charge in [-0.1, -0.05) is 23.7 Å². The molecule has 1 aromatic heterocycles. The number of aromatic nitrogens is 1. The number of nitrogens with zero attached hydrogens (tertiary/aromatic N) is 2. The molecular formula is C26H29ClN4O5. The molecule has 0 spiro atoms. The first-order valence-corrected chi connectivity index (χ1v) is 12.5. The first kappa shape index (κ1) is 24.4. The van der Waals surface area contributed by atoms with E-state index < -0.39 is 0 Å². The molecule has 0 aliphatic carbocycles. The van der Waals surface area contributed by atoms with Crippen LogP contribution in [-0.4, -0.2) is 73.4 Å². The van der Waals surface area contributed by atoms with Crippen molar-refractivity contribution in [1.82, 2.24) is 14.8 Å². The van der Waals surface area contributed by atoms with E-state index in [9.17, 15) is 9.59 Å². The lowest BCUT2D eigenvalue weighted by Gasteiger charge is -2.28. The molecule has 0 unspecified atom stereocenters. The minimum Gasteiger partial charge on any atom is -0.486 e. The summed E-state index contributed by atoms with van der Waals surface area (Å²) in [5, 5.41) is 4.16. The summed E-state index contributed by atoms with van der Waals surface area (Å²) < 4.78 is 16.7. The molecule has 0 atom stereocenters. The number of H-pyrrole nitrogens is 1. The van der Waals surface area contributed by atoms with Crippen LogP contribution in [0.15, 0.2) is 47.3 Å². The Labute approximate surface area is 213 Å². The van der Waals surface area contributed by atoms with Gasteiger partial charge < -0.3 is 29.4 Å². The molecule has 1 fully saturated rings. The lowest BCUT2D eigenvalue weighted by Crippen LogP contribution is -2.40. The van der Waals surface area contributed by atoms with Crippen LogP contribution in [0, 0.1) is 0 Å². The number of aromatic amines is 1. The van der Waals surface area contributed by atoms with Gasteiger partial charge in [-0.15, -0.1) is 0 Å². The summed E-state index contributed by atoms with van der Waals surface area (Å²) in [7, 11) is 0. The summed E-state index contributed by atoms with van der Waals surface area (Å²) >= 11 is 6.26. The Morgan fingerprint density at radius 1 is 1.06 bits per heavy atom. The molecule has 0 bridgehead atoms. The van der Waals surface area contributed by atoms with Crippen molar-refractivity contribution in [2.75, 3.05) is 57.9 Å². The number of carbonyl (C=O) groups is 1. The SMILES string of the molecule is O=C(Nc1ccccc1Cl)N(CCCN1CCOCC1)Cc1cc2cc3c(cc2[nH]c1=O)OCCO3. The Balaban J connectivity index is 1.36. The highest BCUT2D eigenvalue weighted by atomic mass is 35.5. The van der Waals surface area contributed by atoms with E-state index >= 15 is 0 Å². The van der Waals surface area contributed by atoms with Crippen molar-refractivity contribution >= 4 is 34.2 Å². The van der Waals surface area contributed by atoms with Crippen LogP contribution in [0.4, 0.5) is 10.5 Å². The van der Waals surface area contributed by atoms with Gasteiger partial charge in [0.05, 0.1) is 36.0 Å². The molecule has 190 valence electrons. The van der Waals surface area contributed by atoms with Gasteiger partial charge in [-0.2, -0.15) is 0 Å². The molecule has 2 N–H and O–H groups in total. The highest BCUT2D eigenvalue weighted by Crippen LogP contribution is 2.33. The molecule has 2 aliphatic rings. The van der Waals surface area contributed by atoms with Gasteiger partial charge in [-0.3, -0.25) is 9.69 Å². The Morgan fingerprint density at radius 2 is 1.81 bits per heavy atom. The minimum absolute atomic E-state index is 0.152. The molecule has 1 saturated heterocycles. The second kappa shape index (κ2) is 11.2. The fourth-order valence-electron chi connectivity index (χ4n) is 4.43. The van der Waals surface area contributed by atoms with Crippen molar-refractivity contribution in [3.05, 3.63) is 63.4 Å². The van der Waals surface area contributed by atoms with E-state index in [1.807, 2.05) is 18.2 Å². The molecule has 10 heteroatoms. The fourth-order valence-corrected chi connectivity index (χ4v) is 4.61. The maximum absolute atomic E-state index is 13.3. The summed E-state index contributed by atoms with van der Waals surface area (Å²) in [5.41, 5.74) is 1.42. The van der Waals surface area contributed by atoms with E-state index in [1.54, 1.807) is 29.2 Å². The maximum atomic E-state index is 13.3. The normalized spacial score (nSPS) is 15.6. The first-order chi connectivity index (χ1) is 17.6. The molecule has 9 nitrogen and oxygen atoms in total. The quantitative estimate of drug-likeness (QED) is 0.501. The molecule has 3 aromatic rings. The predicted molar refractivity (Wildman–Crippen MR) is 138 cm³/mol. The molecule has 0 radical (unpaired) electrons. The van der Waals surface area contributed by atoms with E-state index in [4.69, 9.17) is 25.8 Å². The van der Waals surface area contributed by atoms with Crippen LogP contribution in [0.1, 0.15) is 12.0 Å². The molecule has 0 saturated carbocycles. The van der Waals surface area contributed by atoms with Gasteiger partial charge in [-0.05, 0) is 30.7 Å². The molecular weight excluding hydrogens is 484 g/mol. The van der Waals surface area contributed by atoms with Crippen molar-refractivity contribution < 1.29 is 19.0 Å². The summed E-state index contributed by atoms with van der Waals surface area (Å²) in [5.74, 6) is 1.26. The van der Waals surface area contributed by atoms with E-state index in [-0.39, 0.29) is 18.1 Å². The van der Waals surface area contributed by atoms with Crippen molar-refractivity contribution in [1.29, 1.82) is 0 Å². The third-order valence-electron chi connectivity index (χ3n) is 6.35. The highest BCUT2D eigenvalue weighted by Gasteiger charge is 2.20. The van der Waals surface area contributed by atoms with E-state index in [0.29, 0.717) is 53.0 Å². The van der Waals surface area contributed by atoms with Crippen molar-refractivity contribution in [2.24, 2.45) is 0 Å². The van der Waals surface area contributed by atoms with Crippen LogP contribution in [-0.2, 0) is 11.3 Å². The zero-order valence-electron chi connectivity index (χ0n) is 19.9. The minimum atomic E-state index is -0.313. The lowest BCUT2D eigenvalue weighted by atomic mass is 10.1. The molecule has 2 aliphatic heterocycles. The molecule has 5 rings (SSSR count). The average Bonchev–Trinajstić information content (AvgIpc) is 2.89. The number of nitrogens with one attached hydrogen (secondary N) is 2. The second-order valence-electron chi connectivity index (χ2n) is 8.85. The number of fused-ring (bicyclic) bond motifs is 2. The second-order valence-corrected chi connectivity index (χ2v) is 9.25. The standard InChI is InChI=1S/C26H29ClN4O5/c27-20-4-1-2-5-21(20)29-26(33)31(7-3-6-30-8-10-34-11-9-30)17-19-14-18-15-23-24(36-13-12-35-23)16-22(18)28-25(19)32/h1-2,4-5,14-16H,3,6-13,17H2,(H,28,32)(H,29,33). The molecule has 2 aromatic carbocycles. The summed E-state index contributed by atoms with van der Waals surface area (Å²) in [4.78, 5) is 33.2. The van der Waals surface area contributed by atoms with Crippen molar-refractivity contribution in [2.45, 2.75) is 13.0 Å². The Kier molecular flexibility index (Phi) is 7.60. The lowest BCUT2D eigenvalue weighted by molar-refractivity contribution is 0.0365. The van der Waals surface area contributed by atoms with Crippen LogP contribution in [0.2, 0.25) is 5.02 Å². The number of ether oxygens (including phenoxy) is 3. The number of halogens is 1. The van der Waals surface area contributed by atoms with Gasteiger partial charge in [0.15, 0.2) is 11.5 Å². The number of anilines is 1. The van der Waals surface area contributed by atoms with E-state index in [0.717, 1.165) is 44.7 Å². The topological polar surface area (TPSA) is 96.1 Å². The number of carbonyl (C=O) groups excluding carboxylic acids is 1. The van der Waals surface area contributed by atoms with Gasteiger partial charge in [0.25, 0.3) is 5.56 Å². The number of benzene rings is 2. The predicted octanol–water partition coefficient (Wildman–Crippen LogP) is 3.71. The molecule has 2 amide bonds. The zero-order valence-corrected chi connectivity index (χ0v) is 20.7. The number of para-hydroxylation sites is 1. The van der Waals surface area contributed by atoms with Crippen LogP contribution >= 0.6 is 11.6 Å². The third-order valence-corrected chi connectivity index (χ3v) is 6.68. The summed E-state index contributed by atoms with van der Waals surface area (Å²) in [6.45, 7) is 5.64. The van der Waals surface area contributed by atoms with Crippen LogP contribution < -0.4 is 20.3 Å².